The summed E-state index contributed by atoms with van der Waals surface area (Å²) in [5, 5.41) is 2.30. The summed E-state index contributed by atoms with van der Waals surface area (Å²) >= 11 is 0. The van der Waals surface area contributed by atoms with Crippen molar-refractivity contribution in [3.63, 3.8) is 0 Å². The quantitative estimate of drug-likeness (QED) is 0.689. The Bertz CT molecular complexity index is 508. The van der Waals surface area contributed by atoms with Crippen molar-refractivity contribution in [2.24, 2.45) is 0 Å². The third kappa shape index (κ3) is 1.47. The highest BCUT2D eigenvalue weighted by Gasteiger charge is 2.45. The predicted molar refractivity (Wildman–Crippen MR) is 58.8 cm³/mol. The highest BCUT2D eigenvalue weighted by molar-refractivity contribution is 5.99. The smallest absolute Gasteiger partial charge is 0.227 e. The van der Waals surface area contributed by atoms with E-state index in [-0.39, 0.29) is 30.5 Å². The Morgan fingerprint density at radius 3 is 2.59 bits per heavy atom. The molecule has 0 radical (unpaired) electrons. The summed E-state index contributed by atoms with van der Waals surface area (Å²) in [5.74, 6) is -0.727. The molecular weight excluding hydrogens is 221 g/mol. The van der Waals surface area contributed by atoms with Gasteiger partial charge >= 0.3 is 0 Å². The molecule has 1 aromatic carbocycles. The molecule has 1 fully saturated rings. The number of hydrogen-bond acceptors (Lipinski definition) is 2. The second-order valence-corrected chi connectivity index (χ2v) is 4.87. The molecule has 2 aliphatic rings. The SMILES string of the molecule is O=C1CC2(CCc3c(F)cccc32)CC(=O)N1. The summed E-state index contributed by atoms with van der Waals surface area (Å²) in [4.78, 5) is 23.0. The van der Waals surface area contributed by atoms with Gasteiger partial charge in [0.15, 0.2) is 0 Å². The van der Waals surface area contributed by atoms with E-state index in [0.29, 0.717) is 18.4 Å². The zero-order valence-corrected chi connectivity index (χ0v) is 9.25. The maximum Gasteiger partial charge on any atom is 0.227 e. The number of carbonyl (C=O) groups excluding carboxylic acids is 2. The molecule has 0 unspecified atom stereocenters. The Morgan fingerprint density at radius 2 is 1.88 bits per heavy atom. The van der Waals surface area contributed by atoms with Crippen LogP contribution in [0.3, 0.4) is 0 Å². The van der Waals surface area contributed by atoms with E-state index in [2.05, 4.69) is 5.32 Å². The molecule has 88 valence electrons. The van der Waals surface area contributed by atoms with E-state index < -0.39 is 5.41 Å². The molecule has 3 nitrogen and oxygen atoms in total. The molecule has 1 spiro atoms. The zero-order valence-electron chi connectivity index (χ0n) is 9.25. The molecule has 0 bridgehead atoms. The molecule has 1 N–H and O–H groups in total. The van der Waals surface area contributed by atoms with Gasteiger partial charge in [-0.25, -0.2) is 4.39 Å². The number of fused-ring (bicyclic) bond motifs is 2. The van der Waals surface area contributed by atoms with Crippen molar-refractivity contribution in [2.45, 2.75) is 31.1 Å². The van der Waals surface area contributed by atoms with Gasteiger partial charge in [-0.1, -0.05) is 12.1 Å². The van der Waals surface area contributed by atoms with Gasteiger partial charge in [0.1, 0.15) is 5.82 Å². The van der Waals surface area contributed by atoms with E-state index >= 15 is 0 Å². The molecule has 1 heterocycles. The molecule has 1 aliphatic heterocycles. The van der Waals surface area contributed by atoms with Gasteiger partial charge in [0.25, 0.3) is 0 Å². The van der Waals surface area contributed by atoms with E-state index in [1.807, 2.05) is 6.07 Å². The number of amides is 2. The van der Waals surface area contributed by atoms with Crippen LogP contribution in [0.1, 0.15) is 30.4 Å². The molecule has 2 amide bonds. The zero-order chi connectivity index (χ0) is 12.0. The average Bonchev–Trinajstić information content (AvgIpc) is 2.57. The van der Waals surface area contributed by atoms with E-state index in [1.165, 1.54) is 6.07 Å². The maximum atomic E-state index is 13.6. The minimum atomic E-state index is -0.461. The Balaban J connectivity index is 2.10. The molecule has 0 aromatic heterocycles. The predicted octanol–water partition coefficient (Wildman–Crippen LogP) is 1.45. The molecule has 0 saturated carbocycles. The minimum Gasteiger partial charge on any atom is -0.296 e. The number of piperidine rings is 1. The molecule has 1 aliphatic carbocycles. The van der Waals surface area contributed by atoms with Crippen molar-refractivity contribution < 1.29 is 14.0 Å². The van der Waals surface area contributed by atoms with Gasteiger partial charge in [0, 0.05) is 18.3 Å². The van der Waals surface area contributed by atoms with Crippen LogP contribution in [-0.4, -0.2) is 11.8 Å². The fourth-order valence-electron chi connectivity index (χ4n) is 3.10. The Kier molecular flexibility index (Phi) is 2.08. The number of halogens is 1. The first-order chi connectivity index (χ1) is 8.11. The van der Waals surface area contributed by atoms with Crippen LogP contribution in [0.15, 0.2) is 18.2 Å². The van der Waals surface area contributed by atoms with Crippen molar-refractivity contribution in [1.82, 2.24) is 5.32 Å². The number of nitrogens with one attached hydrogen (secondary N) is 1. The molecule has 3 rings (SSSR count). The first-order valence-corrected chi connectivity index (χ1v) is 5.71. The second kappa shape index (κ2) is 3.39. The van der Waals surface area contributed by atoms with E-state index in [1.54, 1.807) is 6.07 Å². The summed E-state index contributed by atoms with van der Waals surface area (Å²) in [7, 11) is 0. The van der Waals surface area contributed by atoms with Gasteiger partial charge in [-0.2, -0.15) is 0 Å². The van der Waals surface area contributed by atoms with Crippen LogP contribution < -0.4 is 5.32 Å². The van der Waals surface area contributed by atoms with Gasteiger partial charge in [-0.15, -0.1) is 0 Å². The van der Waals surface area contributed by atoms with Gasteiger partial charge in [-0.3, -0.25) is 14.9 Å². The van der Waals surface area contributed by atoms with Crippen molar-refractivity contribution in [3.05, 3.63) is 35.1 Å². The molecule has 4 heteroatoms. The Labute approximate surface area is 98.0 Å². The Hall–Kier alpha value is -1.71. The summed E-state index contributed by atoms with van der Waals surface area (Å²) in [6.45, 7) is 0. The standard InChI is InChI=1S/C13H12FNO2/c14-10-3-1-2-9-8(10)4-5-13(9)6-11(16)15-12(17)7-13/h1-3H,4-7H2,(H,15,16,17). The summed E-state index contributed by atoms with van der Waals surface area (Å²) < 4.78 is 13.6. The van der Waals surface area contributed by atoms with Crippen LogP contribution in [0.2, 0.25) is 0 Å². The van der Waals surface area contributed by atoms with Crippen LogP contribution in [0.4, 0.5) is 4.39 Å². The van der Waals surface area contributed by atoms with Crippen LogP contribution in [0.25, 0.3) is 0 Å². The maximum absolute atomic E-state index is 13.6. The number of carbonyl (C=O) groups is 2. The first-order valence-electron chi connectivity index (χ1n) is 5.71. The van der Waals surface area contributed by atoms with Crippen LogP contribution >= 0.6 is 0 Å². The van der Waals surface area contributed by atoms with Crippen molar-refractivity contribution >= 4 is 11.8 Å². The first kappa shape index (κ1) is 10.4. The van der Waals surface area contributed by atoms with Crippen molar-refractivity contribution in [1.29, 1.82) is 0 Å². The van der Waals surface area contributed by atoms with E-state index in [0.717, 1.165) is 5.56 Å². The summed E-state index contributed by atoms with van der Waals surface area (Å²) in [6, 6.07) is 4.93. The highest BCUT2D eigenvalue weighted by Crippen LogP contribution is 2.46. The summed E-state index contributed by atoms with van der Waals surface area (Å²) in [6.07, 6.45) is 1.87. The third-order valence-corrected chi connectivity index (χ3v) is 3.82. The van der Waals surface area contributed by atoms with Gasteiger partial charge in [-0.05, 0) is 30.0 Å². The average molecular weight is 233 g/mol. The Morgan fingerprint density at radius 1 is 1.18 bits per heavy atom. The van der Waals surface area contributed by atoms with E-state index in [4.69, 9.17) is 0 Å². The lowest BCUT2D eigenvalue weighted by atomic mass is 9.74. The second-order valence-electron chi connectivity index (χ2n) is 4.87. The van der Waals surface area contributed by atoms with Gasteiger partial charge < -0.3 is 0 Å². The van der Waals surface area contributed by atoms with E-state index in [9.17, 15) is 14.0 Å². The lowest BCUT2D eigenvalue weighted by molar-refractivity contribution is -0.135. The lowest BCUT2D eigenvalue weighted by Crippen LogP contribution is -2.46. The number of imide groups is 1. The van der Waals surface area contributed by atoms with Gasteiger partial charge in [0.05, 0.1) is 0 Å². The number of hydrogen-bond donors (Lipinski definition) is 1. The molecular formula is C13H12FNO2. The number of benzene rings is 1. The third-order valence-electron chi connectivity index (χ3n) is 3.82. The molecule has 1 aromatic rings. The minimum absolute atomic E-state index is 0.224. The lowest BCUT2D eigenvalue weighted by Gasteiger charge is -2.32. The van der Waals surface area contributed by atoms with Gasteiger partial charge in [0.2, 0.25) is 11.8 Å². The fraction of sp³-hybridized carbons (Fsp3) is 0.385. The fourth-order valence-corrected chi connectivity index (χ4v) is 3.10. The number of rotatable bonds is 0. The highest BCUT2D eigenvalue weighted by atomic mass is 19.1. The molecule has 1 saturated heterocycles. The normalized spacial score (nSPS) is 21.5. The van der Waals surface area contributed by atoms with Crippen LogP contribution in [0, 0.1) is 5.82 Å². The van der Waals surface area contributed by atoms with Crippen molar-refractivity contribution in [2.75, 3.05) is 0 Å². The molecule has 17 heavy (non-hydrogen) atoms. The van der Waals surface area contributed by atoms with Crippen LogP contribution in [-0.2, 0) is 21.4 Å². The van der Waals surface area contributed by atoms with Crippen LogP contribution in [0.5, 0.6) is 0 Å². The largest absolute Gasteiger partial charge is 0.296 e. The van der Waals surface area contributed by atoms with Crippen molar-refractivity contribution in [3.8, 4) is 0 Å². The topological polar surface area (TPSA) is 46.2 Å². The molecule has 0 atom stereocenters. The monoisotopic (exact) mass is 233 g/mol. The summed E-state index contributed by atoms with van der Waals surface area (Å²) in [5.41, 5.74) is 1.06.